The van der Waals surface area contributed by atoms with Crippen molar-refractivity contribution in [3.63, 3.8) is 0 Å². The number of morpholine rings is 1. The molecule has 2 atom stereocenters. The van der Waals surface area contributed by atoms with E-state index in [0.717, 1.165) is 25.1 Å². The van der Waals surface area contributed by atoms with Crippen LogP contribution in [0.5, 0.6) is 0 Å². The highest BCUT2D eigenvalue weighted by Crippen LogP contribution is 2.28. The van der Waals surface area contributed by atoms with E-state index in [-0.39, 0.29) is 5.78 Å². The molecule has 2 unspecified atom stereocenters. The first-order valence-electron chi connectivity index (χ1n) is 7.28. The number of benzene rings is 1. The molecule has 1 heterocycles. The molecule has 1 aromatic carbocycles. The van der Waals surface area contributed by atoms with E-state index in [1.54, 1.807) is 0 Å². The Morgan fingerprint density at radius 1 is 1.21 bits per heavy atom. The minimum atomic E-state index is 0.229. The highest BCUT2D eigenvalue weighted by Gasteiger charge is 2.34. The van der Waals surface area contributed by atoms with Crippen molar-refractivity contribution in [3.8, 4) is 0 Å². The number of hydrogen-bond acceptors (Lipinski definition) is 3. The molecular formula is C16H21NO2. The third-order valence-corrected chi connectivity index (χ3v) is 4.29. The first-order valence-corrected chi connectivity index (χ1v) is 7.28. The average Bonchev–Trinajstić information content (AvgIpc) is 2.48. The molecule has 1 saturated heterocycles. The van der Waals surface area contributed by atoms with Crippen LogP contribution in [0.1, 0.15) is 36.0 Å². The van der Waals surface area contributed by atoms with Crippen LogP contribution in [0.3, 0.4) is 0 Å². The Morgan fingerprint density at radius 3 is 2.84 bits per heavy atom. The molecule has 0 spiro atoms. The van der Waals surface area contributed by atoms with Crippen LogP contribution in [0.15, 0.2) is 30.3 Å². The topological polar surface area (TPSA) is 29.5 Å². The Kier molecular flexibility index (Phi) is 3.95. The lowest BCUT2D eigenvalue weighted by Gasteiger charge is -2.43. The minimum absolute atomic E-state index is 0.229. The number of hydrogen-bond donors (Lipinski definition) is 0. The SMILES string of the molecule is O=C(CN1CCOC2CCCCC21)c1ccccc1. The van der Waals surface area contributed by atoms with Gasteiger partial charge in [0.1, 0.15) is 0 Å². The zero-order valence-corrected chi connectivity index (χ0v) is 11.3. The number of rotatable bonds is 3. The summed E-state index contributed by atoms with van der Waals surface area (Å²) in [5, 5.41) is 0. The van der Waals surface area contributed by atoms with Crippen LogP contribution < -0.4 is 0 Å². The molecule has 2 fully saturated rings. The third kappa shape index (κ3) is 2.88. The van der Waals surface area contributed by atoms with Gasteiger partial charge < -0.3 is 4.74 Å². The Labute approximate surface area is 114 Å². The van der Waals surface area contributed by atoms with Crippen molar-refractivity contribution >= 4 is 5.78 Å². The molecule has 2 aliphatic rings. The fourth-order valence-corrected chi connectivity index (χ4v) is 3.27. The molecule has 19 heavy (non-hydrogen) atoms. The van der Waals surface area contributed by atoms with Gasteiger partial charge in [-0.2, -0.15) is 0 Å². The van der Waals surface area contributed by atoms with E-state index in [4.69, 9.17) is 4.74 Å². The van der Waals surface area contributed by atoms with E-state index in [0.29, 0.717) is 18.7 Å². The van der Waals surface area contributed by atoms with Crippen LogP contribution in [0.2, 0.25) is 0 Å². The molecule has 1 aromatic rings. The second-order valence-electron chi connectivity index (χ2n) is 5.52. The van der Waals surface area contributed by atoms with Gasteiger partial charge in [-0.1, -0.05) is 43.2 Å². The number of fused-ring (bicyclic) bond motifs is 1. The maximum absolute atomic E-state index is 12.3. The normalized spacial score (nSPS) is 27.8. The summed E-state index contributed by atoms with van der Waals surface area (Å²) in [4.78, 5) is 14.6. The molecule has 3 heteroatoms. The molecule has 1 aliphatic heterocycles. The van der Waals surface area contributed by atoms with Crippen molar-refractivity contribution in [2.75, 3.05) is 19.7 Å². The Bertz CT molecular complexity index is 430. The van der Waals surface area contributed by atoms with Gasteiger partial charge in [-0.05, 0) is 12.8 Å². The second kappa shape index (κ2) is 5.85. The maximum atomic E-state index is 12.3. The molecule has 3 nitrogen and oxygen atoms in total. The molecule has 0 bridgehead atoms. The van der Waals surface area contributed by atoms with Crippen molar-refractivity contribution in [3.05, 3.63) is 35.9 Å². The molecule has 0 aromatic heterocycles. The lowest BCUT2D eigenvalue weighted by Crippen LogP contribution is -2.53. The van der Waals surface area contributed by atoms with Crippen LogP contribution in [0.25, 0.3) is 0 Å². The highest BCUT2D eigenvalue weighted by atomic mass is 16.5. The second-order valence-corrected chi connectivity index (χ2v) is 5.52. The zero-order chi connectivity index (χ0) is 13.1. The van der Waals surface area contributed by atoms with Crippen LogP contribution in [0, 0.1) is 0 Å². The third-order valence-electron chi connectivity index (χ3n) is 4.29. The van der Waals surface area contributed by atoms with E-state index in [1.165, 1.54) is 19.3 Å². The Hall–Kier alpha value is -1.19. The monoisotopic (exact) mass is 259 g/mol. The molecule has 0 amide bonds. The number of nitrogens with zero attached hydrogens (tertiary/aromatic N) is 1. The largest absolute Gasteiger partial charge is 0.375 e. The summed E-state index contributed by atoms with van der Waals surface area (Å²) < 4.78 is 5.85. The summed E-state index contributed by atoms with van der Waals surface area (Å²) in [6.07, 6.45) is 5.21. The molecular weight excluding hydrogens is 238 g/mol. The minimum Gasteiger partial charge on any atom is -0.375 e. The zero-order valence-electron chi connectivity index (χ0n) is 11.3. The van der Waals surface area contributed by atoms with Crippen LogP contribution in [-0.4, -0.2) is 42.5 Å². The smallest absolute Gasteiger partial charge is 0.176 e. The summed E-state index contributed by atoms with van der Waals surface area (Å²) >= 11 is 0. The number of ether oxygens (including phenoxy) is 1. The summed E-state index contributed by atoms with van der Waals surface area (Å²) in [6, 6.07) is 10.1. The summed E-state index contributed by atoms with van der Waals surface area (Å²) in [5.74, 6) is 0.229. The summed E-state index contributed by atoms with van der Waals surface area (Å²) in [6.45, 7) is 2.19. The van der Waals surface area contributed by atoms with Crippen molar-refractivity contribution in [2.24, 2.45) is 0 Å². The van der Waals surface area contributed by atoms with E-state index >= 15 is 0 Å². The van der Waals surface area contributed by atoms with E-state index < -0.39 is 0 Å². The first-order chi connectivity index (χ1) is 9.34. The summed E-state index contributed by atoms with van der Waals surface area (Å²) in [7, 11) is 0. The van der Waals surface area contributed by atoms with Crippen LogP contribution in [0.4, 0.5) is 0 Å². The fourth-order valence-electron chi connectivity index (χ4n) is 3.27. The van der Waals surface area contributed by atoms with E-state index in [2.05, 4.69) is 4.90 Å². The summed E-state index contributed by atoms with van der Waals surface area (Å²) in [5.41, 5.74) is 0.821. The number of Topliss-reactive ketones (excluding diaryl/α,β-unsaturated/α-hetero) is 1. The van der Waals surface area contributed by atoms with E-state index in [9.17, 15) is 4.79 Å². The molecule has 102 valence electrons. The molecule has 3 rings (SSSR count). The lowest BCUT2D eigenvalue weighted by molar-refractivity contribution is -0.0846. The Balaban J connectivity index is 1.66. The molecule has 0 N–H and O–H groups in total. The van der Waals surface area contributed by atoms with Gasteiger partial charge in [0.25, 0.3) is 0 Å². The molecule has 0 radical (unpaired) electrons. The Morgan fingerprint density at radius 2 is 2.00 bits per heavy atom. The maximum Gasteiger partial charge on any atom is 0.176 e. The van der Waals surface area contributed by atoms with Gasteiger partial charge in [0, 0.05) is 18.2 Å². The van der Waals surface area contributed by atoms with Crippen molar-refractivity contribution in [1.82, 2.24) is 4.90 Å². The van der Waals surface area contributed by atoms with Crippen molar-refractivity contribution < 1.29 is 9.53 Å². The van der Waals surface area contributed by atoms with Gasteiger partial charge in [0.2, 0.25) is 0 Å². The van der Waals surface area contributed by atoms with Crippen LogP contribution in [-0.2, 0) is 4.74 Å². The number of carbonyl (C=O) groups excluding carboxylic acids is 1. The quantitative estimate of drug-likeness (QED) is 0.781. The van der Waals surface area contributed by atoms with Gasteiger partial charge in [-0.3, -0.25) is 9.69 Å². The fraction of sp³-hybridized carbons (Fsp3) is 0.562. The van der Waals surface area contributed by atoms with Crippen molar-refractivity contribution in [1.29, 1.82) is 0 Å². The average molecular weight is 259 g/mol. The van der Waals surface area contributed by atoms with Crippen molar-refractivity contribution in [2.45, 2.75) is 37.8 Å². The van der Waals surface area contributed by atoms with Crippen LogP contribution >= 0.6 is 0 Å². The van der Waals surface area contributed by atoms with Gasteiger partial charge in [0.05, 0.1) is 19.3 Å². The lowest BCUT2D eigenvalue weighted by atomic mass is 9.90. The van der Waals surface area contributed by atoms with Gasteiger partial charge in [0.15, 0.2) is 5.78 Å². The number of ketones is 1. The molecule has 1 aliphatic carbocycles. The van der Waals surface area contributed by atoms with E-state index in [1.807, 2.05) is 30.3 Å². The van der Waals surface area contributed by atoms with Gasteiger partial charge in [-0.25, -0.2) is 0 Å². The molecule has 1 saturated carbocycles. The van der Waals surface area contributed by atoms with Gasteiger partial charge >= 0.3 is 0 Å². The predicted octanol–water partition coefficient (Wildman–Crippen LogP) is 2.51. The first kappa shape index (κ1) is 12.8. The standard InChI is InChI=1S/C16H21NO2/c18-15(13-6-2-1-3-7-13)12-17-10-11-19-16-9-5-4-8-14(16)17/h1-3,6-7,14,16H,4-5,8-12H2. The predicted molar refractivity (Wildman–Crippen MR) is 74.3 cm³/mol. The van der Waals surface area contributed by atoms with Gasteiger partial charge in [-0.15, -0.1) is 0 Å². The highest BCUT2D eigenvalue weighted by molar-refractivity contribution is 5.97. The number of carbonyl (C=O) groups is 1.